The highest BCUT2D eigenvalue weighted by Crippen LogP contribution is 2.28. The van der Waals surface area contributed by atoms with Crippen LogP contribution in [-0.2, 0) is 25.8 Å². The van der Waals surface area contributed by atoms with Gasteiger partial charge in [0, 0.05) is 41.0 Å². The highest BCUT2D eigenvalue weighted by molar-refractivity contribution is 5.98. The molecular weight excluding hydrogens is 605 g/mol. The van der Waals surface area contributed by atoms with Crippen LogP contribution in [0, 0.1) is 18.8 Å². The van der Waals surface area contributed by atoms with Crippen LogP contribution in [0.25, 0.3) is 10.9 Å². The third-order valence-electron chi connectivity index (χ3n) is 7.52. The summed E-state index contributed by atoms with van der Waals surface area (Å²) in [5.41, 5.74) is 4.91. The number of nitrogens with zero attached hydrogens (tertiary/aromatic N) is 2. The second-order valence-corrected chi connectivity index (χ2v) is 10.7. The summed E-state index contributed by atoms with van der Waals surface area (Å²) in [7, 11) is 0. The Morgan fingerprint density at radius 2 is 1.61 bits per heavy atom. The number of ether oxygens (including phenoxy) is 1. The molecule has 0 aliphatic carbocycles. The Balaban J connectivity index is 1.25. The molecule has 1 unspecified atom stereocenters. The summed E-state index contributed by atoms with van der Waals surface area (Å²) >= 11 is 0. The number of halogens is 3. The van der Waals surface area contributed by atoms with E-state index in [-0.39, 0.29) is 26.1 Å². The van der Waals surface area contributed by atoms with Crippen molar-refractivity contribution < 1.29 is 41.9 Å². The Kier molecular flexibility index (Phi) is 9.50. The summed E-state index contributed by atoms with van der Waals surface area (Å²) in [4.78, 5) is 60.3. The van der Waals surface area contributed by atoms with Gasteiger partial charge in [-0.3, -0.25) is 19.4 Å². The minimum Gasteiger partial charge on any atom is -0.489 e. The van der Waals surface area contributed by atoms with E-state index in [4.69, 9.17) is 4.74 Å². The Morgan fingerprint density at radius 3 is 2.33 bits per heavy atom. The van der Waals surface area contributed by atoms with Gasteiger partial charge < -0.3 is 19.8 Å². The van der Waals surface area contributed by atoms with Gasteiger partial charge in [-0.1, -0.05) is 36.4 Å². The van der Waals surface area contributed by atoms with Crippen LogP contribution in [0.5, 0.6) is 5.75 Å². The number of benzene rings is 3. The Labute approximate surface area is 261 Å². The lowest BCUT2D eigenvalue weighted by Crippen LogP contribution is -2.52. The number of carbonyl (C=O) groups is 4. The van der Waals surface area contributed by atoms with E-state index < -0.39 is 41.7 Å². The number of anilines is 1. The van der Waals surface area contributed by atoms with Crippen LogP contribution < -0.4 is 15.5 Å². The highest BCUT2D eigenvalue weighted by atomic mass is 19.4. The molecule has 238 valence electrons. The summed E-state index contributed by atoms with van der Waals surface area (Å²) in [5, 5.41) is 3.69. The third-order valence-corrected chi connectivity index (χ3v) is 7.52. The second-order valence-electron chi connectivity index (χ2n) is 10.7. The zero-order chi connectivity index (χ0) is 32.8. The van der Waals surface area contributed by atoms with E-state index in [9.17, 15) is 32.3 Å². The van der Waals surface area contributed by atoms with Crippen LogP contribution in [0.4, 0.5) is 18.9 Å². The average molecular weight is 635 g/mol. The summed E-state index contributed by atoms with van der Waals surface area (Å²) < 4.78 is 43.9. The van der Waals surface area contributed by atoms with Crippen LogP contribution >= 0.6 is 0 Å². The van der Waals surface area contributed by atoms with Crippen molar-refractivity contribution in [2.75, 3.05) is 18.4 Å². The summed E-state index contributed by atoms with van der Waals surface area (Å²) in [6.45, 7) is 2.00. The van der Waals surface area contributed by atoms with Gasteiger partial charge in [0.25, 0.3) is 11.8 Å². The minimum atomic E-state index is -5.34. The number of alkyl halides is 3. The number of aromatic nitrogens is 1. The second kappa shape index (κ2) is 13.7. The number of pyridine rings is 1. The van der Waals surface area contributed by atoms with E-state index in [0.717, 1.165) is 22.2 Å². The molecule has 3 amide bonds. The number of carbonyl (C=O) groups excluding carboxylic acids is 4. The van der Waals surface area contributed by atoms with Crippen LogP contribution in [-0.4, -0.2) is 52.8 Å². The number of likely N-dealkylation sites (tertiary alicyclic amines) is 1. The van der Waals surface area contributed by atoms with E-state index in [0.29, 0.717) is 17.0 Å². The molecule has 2 heterocycles. The third kappa shape index (κ3) is 7.60. The number of para-hydroxylation sites is 1. The largest absolute Gasteiger partial charge is 0.493 e. The Bertz CT molecular complexity index is 1750. The maximum absolute atomic E-state index is 13.4. The van der Waals surface area contributed by atoms with Gasteiger partial charge in [0.05, 0.1) is 17.4 Å². The average Bonchev–Trinajstić information content (AvgIpc) is 3.05. The van der Waals surface area contributed by atoms with E-state index >= 15 is 0 Å². The molecule has 1 saturated heterocycles. The van der Waals surface area contributed by atoms with Crippen molar-refractivity contribution in [3.8, 4) is 5.75 Å². The first kappa shape index (κ1) is 31.9. The van der Waals surface area contributed by atoms with Crippen molar-refractivity contribution >= 4 is 40.3 Å². The number of hydroxylamine groups is 1. The van der Waals surface area contributed by atoms with E-state index in [1.807, 2.05) is 37.3 Å². The molecule has 2 N–H and O–H groups in total. The van der Waals surface area contributed by atoms with Crippen molar-refractivity contribution in [1.82, 2.24) is 15.4 Å². The van der Waals surface area contributed by atoms with Gasteiger partial charge in [-0.15, -0.1) is 0 Å². The van der Waals surface area contributed by atoms with Crippen molar-refractivity contribution in [3.05, 3.63) is 102 Å². The van der Waals surface area contributed by atoms with Gasteiger partial charge in [-0.25, -0.2) is 4.79 Å². The zero-order valence-corrected chi connectivity index (χ0v) is 24.5. The quantitative estimate of drug-likeness (QED) is 0.275. The van der Waals surface area contributed by atoms with Gasteiger partial charge in [0.2, 0.25) is 5.91 Å². The number of hydrogen-bond donors (Lipinski definition) is 2. The van der Waals surface area contributed by atoms with Crippen molar-refractivity contribution in [3.63, 3.8) is 0 Å². The van der Waals surface area contributed by atoms with E-state index in [1.54, 1.807) is 54.6 Å². The molecule has 0 radical (unpaired) electrons. The smallest absolute Gasteiger partial charge is 0.489 e. The SMILES string of the molecule is Cc1cc(COc2ccc(NC(=O)C3CCN(C(=O)c4ccccc4)C[C@@H]3C(=O)NOC(=O)C(F)(F)F)cc2)c2ccccc2n1. The fraction of sp³-hybridized carbons (Fsp3) is 0.242. The highest BCUT2D eigenvalue weighted by Gasteiger charge is 2.44. The first-order valence-corrected chi connectivity index (χ1v) is 14.3. The molecule has 1 fully saturated rings. The van der Waals surface area contributed by atoms with E-state index in [2.05, 4.69) is 15.1 Å². The number of piperidine rings is 1. The first-order chi connectivity index (χ1) is 22.0. The molecule has 13 heteroatoms. The molecule has 1 aliphatic rings. The molecule has 1 aliphatic heterocycles. The molecule has 1 aromatic heterocycles. The maximum Gasteiger partial charge on any atom is 0.493 e. The number of rotatable bonds is 7. The van der Waals surface area contributed by atoms with Crippen LogP contribution in [0.3, 0.4) is 0 Å². The molecule has 46 heavy (non-hydrogen) atoms. The molecule has 0 saturated carbocycles. The lowest BCUT2D eigenvalue weighted by Gasteiger charge is -2.36. The molecule has 0 spiro atoms. The zero-order valence-electron chi connectivity index (χ0n) is 24.5. The number of fused-ring (bicyclic) bond motifs is 1. The number of nitrogens with one attached hydrogen (secondary N) is 2. The number of hydrogen-bond acceptors (Lipinski definition) is 7. The molecule has 3 aromatic carbocycles. The number of aryl methyl sites for hydroxylation is 1. The fourth-order valence-electron chi connectivity index (χ4n) is 5.25. The van der Waals surface area contributed by atoms with E-state index in [1.165, 1.54) is 10.4 Å². The lowest BCUT2D eigenvalue weighted by molar-refractivity contribution is -0.208. The van der Waals surface area contributed by atoms with Crippen molar-refractivity contribution in [2.45, 2.75) is 26.1 Å². The van der Waals surface area contributed by atoms with Gasteiger partial charge in [0.15, 0.2) is 0 Å². The minimum absolute atomic E-state index is 0.0240. The summed E-state index contributed by atoms with van der Waals surface area (Å²) in [6, 6.07) is 24.4. The lowest BCUT2D eigenvalue weighted by atomic mass is 9.83. The predicted molar refractivity (Wildman–Crippen MR) is 160 cm³/mol. The molecule has 2 atom stereocenters. The monoisotopic (exact) mass is 634 g/mol. The standard InChI is InChI=1S/C33H29F3N4O6/c1-20-17-22(25-9-5-6-10-28(25)37-20)19-45-24-13-11-23(12-14-24)38-29(41)26-15-16-40(31(43)21-7-3-2-4-8-21)18-27(26)30(42)39-46-32(44)33(34,35)36/h2-14,17,26-27H,15-16,18-19H2,1H3,(H,38,41)(H,39,42)/t26?,27-/m0/s1. The topological polar surface area (TPSA) is 127 Å². The number of amides is 3. The van der Waals surface area contributed by atoms with Crippen LogP contribution in [0.15, 0.2) is 84.9 Å². The molecule has 4 aromatic rings. The van der Waals surface area contributed by atoms with Gasteiger partial charge in [0.1, 0.15) is 12.4 Å². The van der Waals surface area contributed by atoms with Crippen LogP contribution in [0.1, 0.15) is 28.0 Å². The summed E-state index contributed by atoms with van der Waals surface area (Å²) in [5.74, 6) is -6.62. The Hall–Kier alpha value is -5.46. The normalized spacial score (nSPS) is 16.4. The van der Waals surface area contributed by atoms with Gasteiger partial charge in [-0.2, -0.15) is 18.7 Å². The summed E-state index contributed by atoms with van der Waals surface area (Å²) in [6.07, 6.45) is -5.32. The maximum atomic E-state index is 13.4. The van der Waals surface area contributed by atoms with Crippen molar-refractivity contribution in [2.24, 2.45) is 11.8 Å². The first-order valence-electron chi connectivity index (χ1n) is 14.3. The van der Waals surface area contributed by atoms with Gasteiger partial charge >= 0.3 is 12.1 Å². The van der Waals surface area contributed by atoms with Crippen molar-refractivity contribution in [1.29, 1.82) is 0 Å². The van der Waals surface area contributed by atoms with Gasteiger partial charge in [-0.05, 0) is 61.9 Å². The molecular formula is C33H29F3N4O6. The Morgan fingerprint density at radius 1 is 0.913 bits per heavy atom. The van der Waals surface area contributed by atoms with Crippen LogP contribution in [0.2, 0.25) is 0 Å². The predicted octanol–water partition coefficient (Wildman–Crippen LogP) is 4.98. The molecule has 0 bridgehead atoms. The molecule has 5 rings (SSSR count). The molecule has 10 nitrogen and oxygen atoms in total. The fourth-order valence-corrected chi connectivity index (χ4v) is 5.25.